The van der Waals surface area contributed by atoms with Gasteiger partial charge in [-0.2, -0.15) is 0 Å². The Hall–Kier alpha value is -2.88. The first-order valence-corrected chi connectivity index (χ1v) is 8.09. The summed E-state index contributed by atoms with van der Waals surface area (Å²) in [6, 6.07) is 17.3. The van der Waals surface area contributed by atoms with Crippen molar-refractivity contribution in [2.75, 3.05) is 5.32 Å². The minimum absolute atomic E-state index is 0.0136. The Kier molecular flexibility index (Phi) is 4.75. The van der Waals surface area contributed by atoms with Gasteiger partial charge in [0.1, 0.15) is 0 Å². The molecule has 0 spiro atoms. The van der Waals surface area contributed by atoms with Crippen molar-refractivity contribution in [3.05, 3.63) is 76.1 Å². The third kappa shape index (κ3) is 3.90. The molecule has 0 atom stereocenters. The summed E-state index contributed by atoms with van der Waals surface area (Å²) >= 11 is 0. The molecule has 1 aromatic heterocycles. The van der Waals surface area contributed by atoms with E-state index < -0.39 is 0 Å². The number of aryl methyl sites for hydroxylation is 2. The number of fused-ring (bicyclic) bond motifs is 1. The lowest BCUT2D eigenvalue weighted by molar-refractivity contribution is -0.116. The number of hydrogen-bond acceptors (Lipinski definition) is 2. The van der Waals surface area contributed by atoms with Gasteiger partial charge < -0.3 is 10.3 Å². The maximum Gasteiger partial charge on any atom is 0.248 e. The molecule has 0 saturated heterocycles. The van der Waals surface area contributed by atoms with Crippen LogP contribution in [0.3, 0.4) is 0 Å². The maximum absolute atomic E-state index is 12.1. The third-order valence-corrected chi connectivity index (χ3v) is 4.05. The molecule has 2 aromatic carbocycles. The van der Waals surface area contributed by atoms with Gasteiger partial charge in [-0.1, -0.05) is 36.4 Å². The van der Waals surface area contributed by atoms with Gasteiger partial charge in [0.05, 0.1) is 5.52 Å². The molecule has 0 fully saturated rings. The van der Waals surface area contributed by atoms with E-state index in [0.717, 1.165) is 29.3 Å². The van der Waals surface area contributed by atoms with E-state index in [1.807, 2.05) is 37.3 Å². The first-order valence-electron chi connectivity index (χ1n) is 8.09. The van der Waals surface area contributed by atoms with E-state index >= 15 is 0 Å². The second-order valence-corrected chi connectivity index (χ2v) is 5.96. The first-order chi connectivity index (χ1) is 11.6. The number of carbonyl (C=O) groups excluding carboxylic acids is 1. The summed E-state index contributed by atoms with van der Waals surface area (Å²) in [5, 5.41) is 3.88. The molecule has 4 nitrogen and oxygen atoms in total. The van der Waals surface area contributed by atoms with Crippen molar-refractivity contribution < 1.29 is 4.79 Å². The van der Waals surface area contributed by atoms with Crippen molar-refractivity contribution in [2.24, 2.45) is 0 Å². The van der Waals surface area contributed by atoms with Crippen LogP contribution in [-0.2, 0) is 11.2 Å². The summed E-state index contributed by atoms with van der Waals surface area (Å²) in [6.07, 6.45) is 2.16. The average molecular weight is 320 g/mol. The fourth-order valence-corrected chi connectivity index (χ4v) is 2.83. The predicted octanol–water partition coefficient (Wildman–Crippen LogP) is 3.80. The molecule has 122 valence electrons. The van der Waals surface area contributed by atoms with Crippen LogP contribution in [0.15, 0.2) is 59.4 Å². The van der Waals surface area contributed by atoms with Crippen molar-refractivity contribution in [3.8, 4) is 0 Å². The zero-order valence-corrected chi connectivity index (χ0v) is 13.6. The van der Waals surface area contributed by atoms with E-state index in [4.69, 9.17) is 0 Å². The fourth-order valence-electron chi connectivity index (χ4n) is 2.83. The van der Waals surface area contributed by atoms with Crippen LogP contribution in [-0.4, -0.2) is 10.9 Å². The molecule has 1 heterocycles. The van der Waals surface area contributed by atoms with Gasteiger partial charge in [0.25, 0.3) is 0 Å². The molecule has 2 N–H and O–H groups in total. The van der Waals surface area contributed by atoms with Crippen molar-refractivity contribution >= 4 is 22.5 Å². The Morgan fingerprint density at radius 1 is 1.08 bits per heavy atom. The summed E-state index contributed by atoms with van der Waals surface area (Å²) in [7, 11) is 0. The Morgan fingerprint density at radius 2 is 1.88 bits per heavy atom. The Balaban J connectivity index is 1.62. The number of rotatable bonds is 5. The van der Waals surface area contributed by atoms with Crippen molar-refractivity contribution in [2.45, 2.75) is 26.2 Å². The van der Waals surface area contributed by atoms with Gasteiger partial charge in [-0.3, -0.25) is 9.59 Å². The molecule has 0 saturated carbocycles. The van der Waals surface area contributed by atoms with E-state index in [1.165, 1.54) is 5.56 Å². The van der Waals surface area contributed by atoms with E-state index in [2.05, 4.69) is 22.4 Å². The topological polar surface area (TPSA) is 62.0 Å². The molecule has 3 aromatic rings. The lowest BCUT2D eigenvalue weighted by Gasteiger charge is -2.08. The van der Waals surface area contributed by atoms with Gasteiger partial charge in [0, 0.05) is 23.6 Å². The minimum atomic E-state index is -0.133. The summed E-state index contributed by atoms with van der Waals surface area (Å²) in [6.45, 7) is 1.90. The van der Waals surface area contributed by atoms with Crippen molar-refractivity contribution in [3.63, 3.8) is 0 Å². The third-order valence-electron chi connectivity index (χ3n) is 4.05. The average Bonchev–Trinajstić information content (AvgIpc) is 2.55. The summed E-state index contributed by atoms with van der Waals surface area (Å²) in [5.74, 6) is -0.0136. The second-order valence-electron chi connectivity index (χ2n) is 5.96. The van der Waals surface area contributed by atoms with E-state index in [-0.39, 0.29) is 11.5 Å². The number of H-pyrrole nitrogens is 1. The Labute approximate surface area is 140 Å². The van der Waals surface area contributed by atoms with Crippen molar-refractivity contribution in [1.29, 1.82) is 0 Å². The zero-order valence-electron chi connectivity index (χ0n) is 13.6. The number of amides is 1. The quantitative estimate of drug-likeness (QED) is 0.751. The first kappa shape index (κ1) is 16.0. The smallest absolute Gasteiger partial charge is 0.248 e. The number of benzene rings is 2. The van der Waals surface area contributed by atoms with Crippen LogP contribution in [0.2, 0.25) is 0 Å². The molecule has 0 aliphatic carbocycles. The van der Waals surface area contributed by atoms with Crippen LogP contribution in [0.4, 0.5) is 5.69 Å². The van der Waals surface area contributed by atoms with E-state index in [1.54, 1.807) is 12.1 Å². The van der Waals surface area contributed by atoms with E-state index in [9.17, 15) is 9.59 Å². The van der Waals surface area contributed by atoms with Crippen LogP contribution in [0.5, 0.6) is 0 Å². The molecular formula is C20H20N2O2. The monoisotopic (exact) mass is 320 g/mol. The van der Waals surface area contributed by atoms with Gasteiger partial charge in [-0.25, -0.2) is 0 Å². The number of aromatic amines is 1. The predicted molar refractivity (Wildman–Crippen MR) is 97.3 cm³/mol. The van der Waals surface area contributed by atoms with Gasteiger partial charge in [0.2, 0.25) is 11.5 Å². The largest absolute Gasteiger partial charge is 0.326 e. The molecule has 0 bridgehead atoms. The number of nitrogens with one attached hydrogen (secondary N) is 2. The number of carbonyl (C=O) groups is 1. The second kappa shape index (κ2) is 7.13. The highest BCUT2D eigenvalue weighted by Gasteiger charge is 2.05. The lowest BCUT2D eigenvalue weighted by atomic mass is 10.1. The molecular weight excluding hydrogens is 300 g/mol. The Morgan fingerprint density at radius 3 is 2.67 bits per heavy atom. The molecule has 0 aliphatic heterocycles. The minimum Gasteiger partial charge on any atom is -0.326 e. The number of pyridine rings is 1. The molecule has 0 radical (unpaired) electrons. The number of hydrogen-bond donors (Lipinski definition) is 2. The van der Waals surface area contributed by atoms with Crippen LogP contribution in [0.25, 0.3) is 10.9 Å². The highest BCUT2D eigenvalue weighted by atomic mass is 16.1. The molecule has 3 rings (SSSR count). The fraction of sp³-hybridized carbons (Fsp3) is 0.200. The SMILES string of the molecule is Cc1cc(=O)[nH]c2cc(NC(=O)CCCc3ccccc3)ccc12. The zero-order chi connectivity index (χ0) is 16.9. The maximum atomic E-state index is 12.1. The van der Waals surface area contributed by atoms with E-state index in [0.29, 0.717) is 12.1 Å². The molecule has 1 amide bonds. The molecule has 0 aliphatic rings. The van der Waals surface area contributed by atoms with Crippen LogP contribution < -0.4 is 10.9 Å². The van der Waals surface area contributed by atoms with Crippen LogP contribution in [0.1, 0.15) is 24.0 Å². The molecule has 0 unspecified atom stereocenters. The van der Waals surface area contributed by atoms with Crippen LogP contribution in [0, 0.1) is 6.92 Å². The van der Waals surface area contributed by atoms with Gasteiger partial charge in [-0.15, -0.1) is 0 Å². The molecule has 24 heavy (non-hydrogen) atoms. The normalized spacial score (nSPS) is 10.7. The number of anilines is 1. The summed E-state index contributed by atoms with van der Waals surface area (Å²) < 4.78 is 0. The van der Waals surface area contributed by atoms with Gasteiger partial charge >= 0.3 is 0 Å². The summed E-state index contributed by atoms with van der Waals surface area (Å²) in [4.78, 5) is 26.5. The van der Waals surface area contributed by atoms with Gasteiger partial charge in [0.15, 0.2) is 0 Å². The standard InChI is InChI=1S/C20H20N2O2/c1-14-12-20(24)22-18-13-16(10-11-17(14)18)21-19(23)9-5-8-15-6-3-2-4-7-15/h2-4,6-7,10-13H,5,8-9H2,1H3,(H,21,23)(H,22,24). The highest BCUT2D eigenvalue weighted by molar-refractivity contribution is 5.94. The highest BCUT2D eigenvalue weighted by Crippen LogP contribution is 2.19. The Bertz CT molecular complexity index is 914. The summed E-state index contributed by atoms with van der Waals surface area (Å²) in [5.41, 5.74) is 3.47. The lowest BCUT2D eigenvalue weighted by Crippen LogP contribution is -2.12. The van der Waals surface area contributed by atoms with Crippen molar-refractivity contribution in [1.82, 2.24) is 4.98 Å². The number of aromatic nitrogens is 1. The van der Waals surface area contributed by atoms with Crippen LogP contribution >= 0.6 is 0 Å². The van der Waals surface area contributed by atoms with Gasteiger partial charge in [-0.05, 0) is 43.0 Å². The molecule has 4 heteroatoms.